The zero-order valence-electron chi connectivity index (χ0n) is 10.4. The molecule has 2 rings (SSSR count). The van der Waals surface area contributed by atoms with Crippen LogP contribution in [0.3, 0.4) is 0 Å². The summed E-state index contributed by atoms with van der Waals surface area (Å²) in [5.41, 5.74) is 6.00. The van der Waals surface area contributed by atoms with Crippen molar-refractivity contribution in [3.63, 3.8) is 0 Å². The van der Waals surface area contributed by atoms with Crippen LogP contribution in [-0.4, -0.2) is 23.9 Å². The Morgan fingerprint density at radius 2 is 2.10 bits per heavy atom. The van der Waals surface area contributed by atoms with Gasteiger partial charge in [0.1, 0.15) is 17.1 Å². The summed E-state index contributed by atoms with van der Waals surface area (Å²) in [7, 11) is 0. The Labute approximate surface area is 111 Å². The van der Waals surface area contributed by atoms with E-state index in [4.69, 9.17) is 10.5 Å². The summed E-state index contributed by atoms with van der Waals surface area (Å²) in [5.74, 6) is -1.01. The summed E-state index contributed by atoms with van der Waals surface area (Å²) >= 11 is 0. The summed E-state index contributed by atoms with van der Waals surface area (Å²) < 4.78 is 45.0. The highest BCUT2D eigenvalue weighted by molar-refractivity contribution is 6.09. The number of aromatic nitrogens is 1. The molecular formula is C12H11F3N2O3. The second kappa shape index (κ2) is 4.95. The van der Waals surface area contributed by atoms with Crippen molar-refractivity contribution in [1.29, 1.82) is 0 Å². The average molecular weight is 288 g/mol. The van der Waals surface area contributed by atoms with Crippen LogP contribution in [0.4, 0.5) is 19.0 Å². The van der Waals surface area contributed by atoms with Gasteiger partial charge in [-0.05, 0) is 19.1 Å². The number of nitrogens with one attached hydrogen (secondary N) is 1. The van der Waals surface area contributed by atoms with Gasteiger partial charge >= 0.3 is 12.3 Å². The largest absolute Gasteiger partial charge is 0.573 e. The predicted molar refractivity (Wildman–Crippen MR) is 65.4 cm³/mol. The van der Waals surface area contributed by atoms with E-state index in [0.29, 0.717) is 5.39 Å². The van der Waals surface area contributed by atoms with Gasteiger partial charge in [0.15, 0.2) is 0 Å². The van der Waals surface area contributed by atoms with E-state index in [2.05, 4.69) is 9.72 Å². The van der Waals surface area contributed by atoms with Crippen molar-refractivity contribution >= 4 is 22.7 Å². The molecule has 5 nitrogen and oxygen atoms in total. The molecule has 20 heavy (non-hydrogen) atoms. The molecule has 0 aliphatic rings. The molecule has 0 radical (unpaired) electrons. The Balaban J connectivity index is 2.44. The highest BCUT2D eigenvalue weighted by Crippen LogP contribution is 2.30. The maximum absolute atomic E-state index is 12.1. The first-order valence-corrected chi connectivity index (χ1v) is 5.66. The first-order valence-electron chi connectivity index (χ1n) is 5.66. The molecule has 0 bridgehead atoms. The number of esters is 1. The second-order valence-electron chi connectivity index (χ2n) is 3.89. The van der Waals surface area contributed by atoms with Crippen molar-refractivity contribution in [1.82, 2.24) is 4.98 Å². The van der Waals surface area contributed by atoms with Crippen LogP contribution in [0, 0.1) is 0 Å². The zero-order chi connectivity index (χ0) is 14.9. The summed E-state index contributed by atoms with van der Waals surface area (Å²) in [6, 6.07) is 3.53. The molecule has 0 saturated heterocycles. The summed E-state index contributed by atoms with van der Waals surface area (Å²) in [6.07, 6.45) is -4.78. The predicted octanol–water partition coefficient (Wildman–Crippen LogP) is 2.83. The molecule has 1 aromatic carbocycles. The lowest BCUT2D eigenvalue weighted by Gasteiger charge is -2.08. The van der Waals surface area contributed by atoms with Crippen molar-refractivity contribution in [3.05, 3.63) is 23.8 Å². The number of aromatic amines is 1. The Morgan fingerprint density at radius 1 is 1.40 bits per heavy atom. The first kappa shape index (κ1) is 14.0. The number of ether oxygens (including phenoxy) is 2. The summed E-state index contributed by atoms with van der Waals surface area (Å²) in [6.45, 7) is 1.80. The lowest BCUT2D eigenvalue weighted by atomic mass is 10.1. The first-order chi connectivity index (χ1) is 9.31. The SMILES string of the molecule is CCOC(=O)c1c(N)[nH]c2cc(OC(F)(F)F)ccc12. The van der Waals surface area contributed by atoms with Gasteiger partial charge in [-0.2, -0.15) is 0 Å². The third-order valence-electron chi connectivity index (χ3n) is 2.51. The number of hydrogen-bond donors (Lipinski definition) is 2. The number of nitrogen functional groups attached to an aromatic ring is 1. The van der Waals surface area contributed by atoms with Crippen molar-refractivity contribution in [2.24, 2.45) is 0 Å². The maximum Gasteiger partial charge on any atom is 0.573 e. The number of carbonyl (C=O) groups excluding carboxylic acids is 1. The van der Waals surface area contributed by atoms with Gasteiger partial charge in [-0.3, -0.25) is 0 Å². The van der Waals surface area contributed by atoms with Crippen LogP contribution in [0.5, 0.6) is 5.75 Å². The van der Waals surface area contributed by atoms with Gasteiger partial charge < -0.3 is 20.2 Å². The van der Waals surface area contributed by atoms with Crippen LogP contribution in [0.2, 0.25) is 0 Å². The number of anilines is 1. The smallest absolute Gasteiger partial charge is 0.462 e. The molecule has 0 unspecified atom stereocenters. The number of halogens is 3. The maximum atomic E-state index is 12.1. The number of carbonyl (C=O) groups is 1. The second-order valence-corrected chi connectivity index (χ2v) is 3.89. The quantitative estimate of drug-likeness (QED) is 0.851. The number of alkyl halides is 3. The highest BCUT2D eigenvalue weighted by Gasteiger charge is 2.31. The van der Waals surface area contributed by atoms with Gasteiger partial charge in [-0.1, -0.05) is 0 Å². The van der Waals surface area contributed by atoms with Crippen LogP contribution < -0.4 is 10.5 Å². The molecule has 0 aliphatic heterocycles. The lowest BCUT2D eigenvalue weighted by molar-refractivity contribution is -0.274. The minimum absolute atomic E-state index is 0.0302. The molecule has 0 fully saturated rings. The molecule has 1 heterocycles. The Kier molecular flexibility index (Phi) is 3.47. The van der Waals surface area contributed by atoms with Gasteiger partial charge in [-0.15, -0.1) is 13.2 Å². The van der Waals surface area contributed by atoms with Crippen molar-refractivity contribution in [2.45, 2.75) is 13.3 Å². The summed E-state index contributed by atoms with van der Waals surface area (Å²) in [5, 5.41) is 0.371. The van der Waals surface area contributed by atoms with E-state index in [0.717, 1.165) is 12.1 Å². The molecular weight excluding hydrogens is 277 g/mol. The number of nitrogens with two attached hydrogens (primary N) is 1. The Morgan fingerprint density at radius 3 is 2.70 bits per heavy atom. The fraction of sp³-hybridized carbons (Fsp3) is 0.250. The minimum atomic E-state index is -4.78. The number of benzene rings is 1. The zero-order valence-corrected chi connectivity index (χ0v) is 10.4. The van der Waals surface area contributed by atoms with E-state index in [1.165, 1.54) is 6.07 Å². The molecule has 1 aromatic heterocycles. The van der Waals surface area contributed by atoms with Crippen molar-refractivity contribution in [2.75, 3.05) is 12.3 Å². The molecule has 0 amide bonds. The monoisotopic (exact) mass is 288 g/mol. The highest BCUT2D eigenvalue weighted by atomic mass is 19.4. The Bertz CT molecular complexity index is 649. The van der Waals surface area contributed by atoms with Crippen molar-refractivity contribution < 1.29 is 27.4 Å². The van der Waals surface area contributed by atoms with Gasteiger partial charge in [0.25, 0.3) is 0 Å². The standard InChI is InChI=1S/C12H11F3N2O3/c1-2-19-11(18)9-7-4-3-6(20-12(13,14)15)5-8(7)17-10(9)16/h3-5,17H,2,16H2,1H3. The molecule has 0 spiro atoms. The van der Waals surface area contributed by atoms with Crippen LogP contribution in [0.1, 0.15) is 17.3 Å². The third-order valence-corrected chi connectivity index (χ3v) is 2.51. The molecule has 3 N–H and O–H groups in total. The lowest BCUT2D eigenvalue weighted by Crippen LogP contribution is -2.17. The molecule has 108 valence electrons. The minimum Gasteiger partial charge on any atom is -0.462 e. The molecule has 0 atom stereocenters. The Hall–Kier alpha value is -2.38. The van der Waals surface area contributed by atoms with Crippen LogP contribution >= 0.6 is 0 Å². The van der Waals surface area contributed by atoms with Crippen LogP contribution in [0.15, 0.2) is 18.2 Å². The molecule has 0 saturated carbocycles. The van der Waals surface area contributed by atoms with Gasteiger partial charge in [0, 0.05) is 11.5 Å². The fourth-order valence-electron chi connectivity index (χ4n) is 1.82. The van der Waals surface area contributed by atoms with Gasteiger partial charge in [0.2, 0.25) is 0 Å². The normalized spacial score (nSPS) is 11.6. The van der Waals surface area contributed by atoms with Gasteiger partial charge in [-0.25, -0.2) is 4.79 Å². The van der Waals surface area contributed by atoms with Crippen LogP contribution in [0.25, 0.3) is 10.9 Å². The number of fused-ring (bicyclic) bond motifs is 1. The van der Waals surface area contributed by atoms with E-state index in [1.54, 1.807) is 6.92 Å². The van der Waals surface area contributed by atoms with E-state index in [9.17, 15) is 18.0 Å². The van der Waals surface area contributed by atoms with Crippen LogP contribution in [-0.2, 0) is 4.74 Å². The van der Waals surface area contributed by atoms with E-state index >= 15 is 0 Å². The number of H-pyrrole nitrogens is 1. The van der Waals surface area contributed by atoms with E-state index in [-0.39, 0.29) is 23.5 Å². The average Bonchev–Trinajstić information content (AvgIpc) is 2.62. The molecule has 2 aromatic rings. The number of rotatable bonds is 3. The molecule has 0 aliphatic carbocycles. The van der Waals surface area contributed by atoms with Crippen molar-refractivity contribution in [3.8, 4) is 5.75 Å². The van der Waals surface area contributed by atoms with Gasteiger partial charge in [0.05, 0.1) is 12.1 Å². The van der Waals surface area contributed by atoms with E-state index < -0.39 is 18.1 Å². The molecule has 8 heteroatoms. The topological polar surface area (TPSA) is 77.3 Å². The van der Waals surface area contributed by atoms with E-state index in [1.807, 2.05) is 0 Å². The number of hydrogen-bond acceptors (Lipinski definition) is 4. The third kappa shape index (κ3) is 2.79. The fourth-order valence-corrected chi connectivity index (χ4v) is 1.82. The summed E-state index contributed by atoms with van der Waals surface area (Å²) in [4.78, 5) is 14.3.